The molecule has 34 heavy (non-hydrogen) atoms. The van der Waals surface area contributed by atoms with Crippen molar-refractivity contribution in [2.45, 2.75) is 32.2 Å². The summed E-state index contributed by atoms with van der Waals surface area (Å²) < 4.78 is 12.1. The van der Waals surface area contributed by atoms with E-state index in [4.69, 9.17) is 9.26 Å². The number of ether oxygens (including phenoxy) is 1. The fourth-order valence-electron chi connectivity index (χ4n) is 3.79. The number of carboxylic acid groups (broad SMARTS) is 1. The molecule has 0 amide bonds. The first-order valence-electron chi connectivity index (χ1n) is 11.1. The van der Waals surface area contributed by atoms with Crippen molar-refractivity contribution in [1.82, 2.24) is 20.2 Å². The predicted molar refractivity (Wildman–Crippen MR) is 121 cm³/mol. The Labute approximate surface area is 193 Å². The van der Waals surface area contributed by atoms with Gasteiger partial charge in [0, 0.05) is 19.0 Å². The van der Waals surface area contributed by atoms with Crippen LogP contribution < -0.4 is 10.3 Å². The first-order chi connectivity index (χ1) is 16.5. The fourth-order valence-corrected chi connectivity index (χ4v) is 3.79. The highest BCUT2D eigenvalue weighted by molar-refractivity contribution is 6.06. The van der Waals surface area contributed by atoms with Gasteiger partial charge in [-0.1, -0.05) is 22.5 Å². The number of carbonyl (C=O) groups is 2. The average molecular weight is 462 g/mol. The number of hydrogen-bond acceptors (Lipinski definition) is 8. The molecule has 10 heteroatoms. The molecule has 1 aliphatic carbocycles. The van der Waals surface area contributed by atoms with Crippen LogP contribution in [0, 0.1) is 11.8 Å². The Morgan fingerprint density at radius 3 is 2.79 bits per heavy atom. The molecule has 2 aromatic heterocycles. The standard InChI is InChI=1S/C24H22N4O6/c29-20(22-18-8-7-16(12-21(18)34-26-22)33-13-14-5-6-14)11-15(24(31)32)9-10-28-23(30)17-3-1-2-4-19(17)25-27-28/h1-4,7-8,12,14-15H,5-6,9-11,13H2,(H,31,32)/t15-/m0/s1. The van der Waals surface area contributed by atoms with Gasteiger partial charge in [0.05, 0.1) is 23.3 Å². The number of aryl methyl sites for hydroxylation is 1. The Morgan fingerprint density at radius 1 is 1.18 bits per heavy atom. The molecule has 0 aliphatic heterocycles. The number of carboxylic acids is 1. The summed E-state index contributed by atoms with van der Waals surface area (Å²) in [6.45, 7) is 0.665. The molecule has 4 aromatic rings. The van der Waals surface area contributed by atoms with Gasteiger partial charge in [-0.25, -0.2) is 4.68 Å². The van der Waals surface area contributed by atoms with Gasteiger partial charge in [-0.2, -0.15) is 0 Å². The van der Waals surface area contributed by atoms with E-state index in [0.717, 1.165) is 4.68 Å². The quantitative estimate of drug-likeness (QED) is 0.352. The van der Waals surface area contributed by atoms with Crippen molar-refractivity contribution in [3.63, 3.8) is 0 Å². The highest BCUT2D eigenvalue weighted by atomic mass is 16.5. The zero-order valence-corrected chi connectivity index (χ0v) is 18.2. The van der Waals surface area contributed by atoms with Crippen molar-refractivity contribution in [1.29, 1.82) is 0 Å². The largest absolute Gasteiger partial charge is 0.493 e. The van der Waals surface area contributed by atoms with Crippen molar-refractivity contribution in [3.05, 3.63) is 58.5 Å². The summed E-state index contributed by atoms with van der Waals surface area (Å²) >= 11 is 0. The summed E-state index contributed by atoms with van der Waals surface area (Å²) in [5, 5.41) is 22.3. The van der Waals surface area contributed by atoms with E-state index in [1.54, 1.807) is 42.5 Å². The van der Waals surface area contributed by atoms with Gasteiger partial charge in [-0.15, -0.1) is 5.10 Å². The lowest BCUT2D eigenvalue weighted by molar-refractivity contribution is -0.142. The van der Waals surface area contributed by atoms with Crippen LogP contribution in [0.25, 0.3) is 21.9 Å². The zero-order valence-electron chi connectivity index (χ0n) is 18.2. The van der Waals surface area contributed by atoms with Crippen molar-refractivity contribution in [3.8, 4) is 5.75 Å². The summed E-state index contributed by atoms with van der Waals surface area (Å²) in [6.07, 6.45) is 2.10. The second-order valence-corrected chi connectivity index (χ2v) is 8.53. The lowest BCUT2D eigenvalue weighted by Gasteiger charge is -2.11. The van der Waals surface area contributed by atoms with Crippen LogP contribution in [-0.2, 0) is 11.3 Å². The number of hydrogen-bond donors (Lipinski definition) is 1. The molecule has 174 valence electrons. The van der Waals surface area contributed by atoms with Crippen molar-refractivity contribution in [2.24, 2.45) is 11.8 Å². The summed E-state index contributed by atoms with van der Waals surface area (Å²) in [4.78, 5) is 37.3. The third-order valence-corrected chi connectivity index (χ3v) is 5.99. The zero-order chi connectivity index (χ0) is 23.7. The minimum Gasteiger partial charge on any atom is -0.493 e. The van der Waals surface area contributed by atoms with Crippen LogP contribution in [0.2, 0.25) is 0 Å². The van der Waals surface area contributed by atoms with E-state index in [2.05, 4.69) is 15.5 Å². The summed E-state index contributed by atoms with van der Waals surface area (Å²) in [7, 11) is 0. The Hall–Kier alpha value is -4.08. The Morgan fingerprint density at radius 2 is 2.00 bits per heavy atom. The molecule has 1 N–H and O–H groups in total. The normalized spacial score (nSPS) is 14.4. The van der Waals surface area contributed by atoms with Crippen LogP contribution in [0.5, 0.6) is 5.75 Å². The molecule has 5 rings (SSSR count). The van der Waals surface area contributed by atoms with Crippen LogP contribution >= 0.6 is 0 Å². The molecular formula is C24H22N4O6. The number of rotatable bonds is 10. The molecule has 1 saturated carbocycles. The lowest BCUT2D eigenvalue weighted by Crippen LogP contribution is -2.27. The number of carbonyl (C=O) groups excluding carboxylic acids is 1. The van der Waals surface area contributed by atoms with Crippen LogP contribution in [0.3, 0.4) is 0 Å². The topological polar surface area (TPSA) is 137 Å². The fraction of sp³-hybridized carbons (Fsp3) is 0.333. The van der Waals surface area contributed by atoms with Crippen LogP contribution in [0.4, 0.5) is 0 Å². The molecule has 0 radical (unpaired) electrons. The number of nitrogens with zero attached hydrogens (tertiary/aromatic N) is 4. The molecule has 1 aliphatic rings. The van der Waals surface area contributed by atoms with Crippen LogP contribution in [0.15, 0.2) is 51.8 Å². The maximum absolute atomic E-state index is 12.9. The first kappa shape index (κ1) is 21.7. The van der Waals surface area contributed by atoms with Gasteiger partial charge >= 0.3 is 5.97 Å². The van der Waals surface area contributed by atoms with E-state index >= 15 is 0 Å². The third kappa shape index (κ3) is 4.52. The molecule has 2 heterocycles. The number of Topliss-reactive ketones (excluding diaryl/α,β-unsaturated/α-hetero) is 1. The highest BCUT2D eigenvalue weighted by Gasteiger charge is 2.26. The molecule has 2 aromatic carbocycles. The summed E-state index contributed by atoms with van der Waals surface area (Å²) in [5.74, 6) is -1.37. The second-order valence-electron chi connectivity index (χ2n) is 8.53. The van der Waals surface area contributed by atoms with Crippen LogP contribution in [-0.4, -0.2) is 43.6 Å². The van der Waals surface area contributed by atoms with Gasteiger partial charge in [-0.05, 0) is 49.4 Å². The lowest BCUT2D eigenvalue weighted by atomic mass is 9.96. The molecular weight excluding hydrogens is 440 g/mol. The smallest absolute Gasteiger partial charge is 0.307 e. The highest BCUT2D eigenvalue weighted by Crippen LogP contribution is 2.31. The van der Waals surface area contributed by atoms with Gasteiger partial charge in [0.15, 0.2) is 17.1 Å². The van der Waals surface area contributed by atoms with E-state index in [-0.39, 0.29) is 30.6 Å². The summed E-state index contributed by atoms with van der Waals surface area (Å²) in [5.41, 5.74) is 0.593. The minimum absolute atomic E-state index is 0.0160. The number of ketones is 1. The third-order valence-electron chi connectivity index (χ3n) is 5.99. The summed E-state index contributed by atoms with van der Waals surface area (Å²) in [6, 6.07) is 11.9. The number of benzene rings is 2. The van der Waals surface area contributed by atoms with E-state index in [0.29, 0.717) is 40.1 Å². The van der Waals surface area contributed by atoms with E-state index in [9.17, 15) is 19.5 Å². The number of aliphatic carboxylic acids is 1. The molecule has 0 spiro atoms. The van der Waals surface area contributed by atoms with Crippen molar-refractivity contribution in [2.75, 3.05) is 6.61 Å². The monoisotopic (exact) mass is 462 g/mol. The predicted octanol–water partition coefficient (Wildman–Crippen LogP) is 3.09. The second kappa shape index (κ2) is 9.05. The van der Waals surface area contributed by atoms with Crippen molar-refractivity contribution < 1.29 is 24.0 Å². The number of aromatic nitrogens is 4. The molecule has 1 atom stereocenters. The Kier molecular flexibility index (Phi) is 5.79. The van der Waals surface area contributed by atoms with Crippen molar-refractivity contribution >= 4 is 33.6 Å². The Balaban J connectivity index is 1.28. The Bertz CT molecular complexity index is 1440. The van der Waals surface area contributed by atoms with Gasteiger partial charge < -0.3 is 14.4 Å². The van der Waals surface area contributed by atoms with E-state index in [1.165, 1.54) is 12.8 Å². The molecule has 0 bridgehead atoms. The maximum Gasteiger partial charge on any atom is 0.307 e. The molecule has 0 saturated heterocycles. The SMILES string of the molecule is O=C(C[C@H](CCn1nnc2ccccc2c1=O)C(=O)O)c1noc2cc(OCC3CC3)ccc12. The maximum atomic E-state index is 12.9. The molecule has 0 unspecified atom stereocenters. The van der Waals surface area contributed by atoms with Gasteiger partial charge in [-0.3, -0.25) is 14.4 Å². The molecule has 10 nitrogen and oxygen atoms in total. The minimum atomic E-state index is -1.14. The first-order valence-corrected chi connectivity index (χ1v) is 11.1. The van der Waals surface area contributed by atoms with Crippen LogP contribution in [0.1, 0.15) is 36.2 Å². The van der Waals surface area contributed by atoms with E-state index < -0.39 is 17.7 Å². The van der Waals surface area contributed by atoms with Gasteiger partial charge in [0.2, 0.25) is 0 Å². The van der Waals surface area contributed by atoms with E-state index in [1.807, 2.05) is 0 Å². The van der Waals surface area contributed by atoms with Gasteiger partial charge in [0.25, 0.3) is 5.56 Å². The average Bonchev–Trinajstić information content (AvgIpc) is 3.58. The molecule has 1 fully saturated rings. The number of fused-ring (bicyclic) bond motifs is 2. The van der Waals surface area contributed by atoms with Gasteiger partial charge in [0.1, 0.15) is 11.3 Å².